The highest BCUT2D eigenvalue weighted by Crippen LogP contribution is 2.16. The number of hydrogen-bond donors (Lipinski definition) is 1. The van der Waals surface area contributed by atoms with Gasteiger partial charge in [-0.25, -0.2) is 9.59 Å². The molecule has 1 N–H and O–H groups in total. The van der Waals surface area contributed by atoms with Crippen molar-refractivity contribution in [2.45, 2.75) is 18.6 Å². The molecule has 0 spiro atoms. The lowest BCUT2D eigenvalue weighted by Crippen LogP contribution is -2.36. The Labute approximate surface area is 181 Å². The van der Waals surface area contributed by atoms with E-state index in [4.69, 9.17) is 14.2 Å². The first-order valence-electron chi connectivity index (χ1n) is 9.27. The number of esters is 2. The maximum atomic E-state index is 12.3. The molecule has 32 heavy (non-hydrogen) atoms. The Kier molecular flexibility index (Phi) is 8.74. The lowest BCUT2D eigenvalue weighted by molar-refractivity contribution is -0.385. The van der Waals surface area contributed by atoms with E-state index in [1.165, 1.54) is 31.4 Å². The van der Waals surface area contributed by atoms with Gasteiger partial charge in [0.1, 0.15) is 18.8 Å². The minimum atomic E-state index is -1.39. The third kappa shape index (κ3) is 6.82. The minimum absolute atomic E-state index is 0.0353. The number of ether oxygens (including phenoxy) is 3. The highest BCUT2D eigenvalue weighted by atomic mass is 16.6. The molecule has 0 aromatic heterocycles. The molecular weight excluding hydrogens is 428 g/mol. The first-order valence-corrected chi connectivity index (χ1v) is 9.27. The molecule has 0 radical (unpaired) electrons. The van der Waals surface area contributed by atoms with Gasteiger partial charge >= 0.3 is 11.9 Å². The SMILES string of the molecule is COCC[C@@H](OC(=O)c1ccc([N+](=O)[O-])cc1)[C@H](O)COC(=O)c1ccc([N+](=O)[O-])cc1. The van der Waals surface area contributed by atoms with Crippen molar-refractivity contribution < 1.29 is 38.8 Å². The lowest BCUT2D eigenvalue weighted by atomic mass is 10.1. The summed E-state index contributed by atoms with van der Waals surface area (Å²) in [7, 11) is 1.41. The molecular formula is C20H20N2O10. The zero-order valence-corrected chi connectivity index (χ0v) is 16.9. The van der Waals surface area contributed by atoms with Gasteiger partial charge in [-0.05, 0) is 24.3 Å². The van der Waals surface area contributed by atoms with E-state index < -0.39 is 40.6 Å². The van der Waals surface area contributed by atoms with Gasteiger partial charge in [0.15, 0.2) is 0 Å². The van der Waals surface area contributed by atoms with Crippen molar-refractivity contribution in [1.29, 1.82) is 0 Å². The van der Waals surface area contributed by atoms with E-state index in [-0.39, 0.29) is 35.5 Å². The zero-order chi connectivity index (χ0) is 23.7. The van der Waals surface area contributed by atoms with Crippen molar-refractivity contribution in [1.82, 2.24) is 0 Å². The molecule has 2 aromatic rings. The predicted octanol–water partition coefficient (Wildman–Crippen LogP) is 2.28. The number of non-ortho nitro benzene ring substituents is 2. The minimum Gasteiger partial charge on any atom is -0.459 e. The summed E-state index contributed by atoms with van der Waals surface area (Å²) in [6.07, 6.45) is -2.40. The molecule has 0 bridgehead atoms. The fourth-order valence-electron chi connectivity index (χ4n) is 2.56. The van der Waals surface area contributed by atoms with Crippen LogP contribution in [0.5, 0.6) is 0 Å². The third-order valence-corrected chi connectivity index (χ3v) is 4.31. The van der Waals surface area contributed by atoms with Crippen molar-refractivity contribution in [3.05, 3.63) is 79.9 Å². The van der Waals surface area contributed by atoms with Gasteiger partial charge in [0.2, 0.25) is 0 Å². The summed E-state index contributed by atoms with van der Waals surface area (Å²) in [5.41, 5.74) is -0.317. The number of aliphatic hydroxyl groups is 1. The van der Waals surface area contributed by atoms with Crippen LogP contribution in [0.15, 0.2) is 48.5 Å². The van der Waals surface area contributed by atoms with Crippen molar-refractivity contribution in [2.24, 2.45) is 0 Å². The predicted molar refractivity (Wildman–Crippen MR) is 108 cm³/mol. The fourth-order valence-corrected chi connectivity index (χ4v) is 2.56. The van der Waals surface area contributed by atoms with Gasteiger partial charge in [-0.1, -0.05) is 0 Å². The maximum Gasteiger partial charge on any atom is 0.338 e. The number of aliphatic hydroxyl groups excluding tert-OH is 1. The first kappa shape index (κ1) is 24.4. The molecule has 2 atom stereocenters. The molecule has 0 fully saturated rings. The van der Waals surface area contributed by atoms with E-state index in [0.717, 1.165) is 24.3 Å². The van der Waals surface area contributed by atoms with Crippen LogP contribution in [-0.4, -0.2) is 59.4 Å². The molecule has 0 heterocycles. The molecule has 0 aliphatic carbocycles. The topological polar surface area (TPSA) is 168 Å². The van der Waals surface area contributed by atoms with Crippen molar-refractivity contribution in [3.63, 3.8) is 0 Å². The number of rotatable bonds is 11. The fraction of sp³-hybridized carbons (Fsp3) is 0.300. The summed E-state index contributed by atoms with van der Waals surface area (Å²) in [6.45, 7) is -0.386. The Bertz CT molecular complexity index is 959. The third-order valence-electron chi connectivity index (χ3n) is 4.31. The van der Waals surface area contributed by atoms with Gasteiger partial charge in [-0.15, -0.1) is 0 Å². The van der Waals surface area contributed by atoms with Crippen LogP contribution in [0.25, 0.3) is 0 Å². The van der Waals surface area contributed by atoms with Gasteiger partial charge in [-0.3, -0.25) is 20.2 Å². The molecule has 0 saturated carbocycles. The zero-order valence-electron chi connectivity index (χ0n) is 16.9. The maximum absolute atomic E-state index is 12.3. The number of methoxy groups -OCH3 is 1. The standard InChI is InChI=1S/C20H20N2O10/c1-30-11-10-18(32-20(25)14-4-8-16(9-5-14)22(28)29)17(23)12-31-19(24)13-2-6-15(7-3-13)21(26)27/h2-9,17-18,23H,10-12H2,1H3/t17-,18-/m1/s1. The molecule has 0 aliphatic rings. The van der Waals surface area contributed by atoms with Gasteiger partial charge < -0.3 is 19.3 Å². The monoisotopic (exact) mass is 448 g/mol. The Balaban J connectivity index is 1.99. The van der Waals surface area contributed by atoms with Crippen LogP contribution in [0.3, 0.4) is 0 Å². The molecule has 170 valence electrons. The van der Waals surface area contributed by atoms with Crippen LogP contribution < -0.4 is 0 Å². The summed E-state index contributed by atoms with van der Waals surface area (Å²) < 4.78 is 15.2. The Morgan fingerprint density at radius 2 is 1.38 bits per heavy atom. The van der Waals surface area contributed by atoms with Gasteiger partial charge in [-0.2, -0.15) is 0 Å². The molecule has 2 rings (SSSR count). The number of carbonyl (C=O) groups is 2. The molecule has 0 unspecified atom stereocenters. The second-order valence-corrected chi connectivity index (χ2v) is 6.50. The highest BCUT2D eigenvalue weighted by Gasteiger charge is 2.26. The van der Waals surface area contributed by atoms with Crippen LogP contribution in [-0.2, 0) is 14.2 Å². The van der Waals surface area contributed by atoms with Crippen molar-refractivity contribution >= 4 is 23.3 Å². The van der Waals surface area contributed by atoms with E-state index >= 15 is 0 Å². The van der Waals surface area contributed by atoms with E-state index in [9.17, 15) is 34.9 Å². The molecule has 0 saturated heterocycles. The second-order valence-electron chi connectivity index (χ2n) is 6.50. The Morgan fingerprint density at radius 1 is 0.906 bits per heavy atom. The highest BCUT2D eigenvalue weighted by molar-refractivity contribution is 5.90. The summed E-state index contributed by atoms with van der Waals surface area (Å²) in [5, 5.41) is 31.8. The quantitative estimate of drug-likeness (QED) is 0.306. The van der Waals surface area contributed by atoms with Gasteiger partial charge in [0, 0.05) is 44.4 Å². The molecule has 0 aliphatic heterocycles. The number of hydrogen-bond acceptors (Lipinski definition) is 10. The number of nitro benzene ring substituents is 2. The van der Waals surface area contributed by atoms with E-state index in [1.54, 1.807) is 0 Å². The number of carbonyl (C=O) groups excluding carboxylic acids is 2. The van der Waals surface area contributed by atoms with Crippen LogP contribution >= 0.6 is 0 Å². The number of nitrogens with zero attached hydrogens (tertiary/aromatic N) is 2. The van der Waals surface area contributed by atoms with Crippen LogP contribution in [0, 0.1) is 20.2 Å². The smallest absolute Gasteiger partial charge is 0.338 e. The van der Waals surface area contributed by atoms with Crippen molar-refractivity contribution in [3.8, 4) is 0 Å². The van der Waals surface area contributed by atoms with Crippen LogP contribution in [0.4, 0.5) is 11.4 Å². The molecule has 2 aromatic carbocycles. The molecule has 0 amide bonds. The Hall–Kier alpha value is -3.90. The summed E-state index contributed by atoms with van der Waals surface area (Å²) >= 11 is 0. The second kappa shape index (κ2) is 11.5. The van der Waals surface area contributed by atoms with Crippen molar-refractivity contribution in [2.75, 3.05) is 20.3 Å². The van der Waals surface area contributed by atoms with E-state index in [1.807, 2.05) is 0 Å². The van der Waals surface area contributed by atoms with E-state index in [0.29, 0.717) is 0 Å². The number of nitro groups is 2. The Morgan fingerprint density at radius 3 is 1.81 bits per heavy atom. The van der Waals surface area contributed by atoms with Crippen LogP contribution in [0.1, 0.15) is 27.1 Å². The largest absolute Gasteiger partial charge is 0.459 e. The summed E-state index contributed by atoms with van der Waals surface area (Å²) in [6, 6.07) is 9.42. The molecule has 12 nitrogen and oxygen atoms in total. The lowest BCUT2D eigenvalue weighted by Gasteiger charge is -2.23. The van der Waals surface area contributed by atoms with Gasteiger partial charge in [0.05, 0.1) is 21.0 Å². The number of benzene rings is 2. The average Bonchev–Trinajstić information content (AvgIpc) is 2.79. The summed E-state index contributed by atoms with van der Waals surface area (Å²) in [5.74, 6) is -1.66. The van der Waals surface area contributed by atoms with Gasteiger partial charge in [0.25, 0.3) is 11.4 Å². The van der Waals surface area contributed by atoms with E-state index in [2.05, 4.69) is 0 Å². The first-order chi connectivity index (χ1) is 15.2. The molecule has 12 heteroatoms. The van der Waals surface area contributed by atoms with Crippen LogP contribution in [0.2, 0.25) is 0 Å². The summed E-state index contributed by atoms with van der Waals surface area (Å²) in [4.78, 5) is 44.6. The normalized spacial score (nSPS) is 12.4. The average molecular weight is 448 g/mol.